The van der Waals surface area contributed by atoms with E-state index in [1.54, 1.807) is 24.3 Å². The van der Waals surface area contributed by atoms with Gasteiger partial charge in [-0.3, -0.25) is 4.79 Å². The zero-order chi connectivity index (χ0) is 20.4. The van der Waals surface area contributed by atoms with Crippen LogP contribution < -0.4 is 14.9 Å². The van der Waals surface area contributed by atoms with Gasteiger partial charge in [-0.2, -0.15) is 0 Å². The Morgan fingerprint density at radius 2 is 1.62 bits per heavy atom. The molecule has 4 rings (SSSR count). The fraction of sp³-hybridized carbons (Fsp3) is 0. The van der Waals surface area contributed by atoms with Gasteiger partial charge in [-0.05, 0) is 60.7 Å². The molecule has 3 aromatic carbocycles. The van der Waals surface area contributed by atoms with Crippen molar-refractivity contribution in [2.75, 3.05) is 0 Å². The quantitative estimate of drug-likeness (QED) is 0.324. The highest BCUT2D eigenvalue weighted by atomic mass is 35.5. The third kappa shape index (κ3) is 4.12. The Bertz CT molecular complexity index is 1250. The van der Waals surface area contributed by atoms with Gasteiger partial charge in [0.25, 0.3) is 0 Å². The van der Waals surface area contributed by atoms with Gasteiger partial charge in [0, 0.05) is 11.1 Å². The summed E-state index contributed by atoms with van der Waals surface area (Å²) in [6, 6.07) is 15.9. The average Bonchev–Trinajstić information content (AvgIpc) is 2.72. The molecule has 0 aliphatic carbocycles. The topological polar surface area (TPSA) is 65.7 Å². The van der Waals surface area contributed by atoms with Crippen molar-refractivity contribution in [3.63, 3.8) is 0 Å². The lowest BCUT2D eigenvalue weighted by atomic mass is 10.2. The number of carbonyl (C=O) groups excluding carboxylic acids is 1. The molecule has 0 unspecified atom stereocenters. The van der Waals surface area contributed by atoms with E-state index in [1.165, 1.54) is 42.5 Å². The monoisotopic (exact) mass is 410 g/mol. The maximum atomic E-state index is 13.0. The molecule has 29 heavy (non-hydrogen) atoms. The van der Waals surface area contributed by atoms with Crippen LogP contribution in [0.15, 0.2) is 82.2 Å². The first-order valence-corrected chi connectivity index (χ1v) is 8.84. The molecule has 1 heterocycles. The smallest absolute Gasteiger partial charge is 0.343 e. The second kappa shape index (κ2) is 7.77. The van der Waals surface area contributed by atoms with Gasteiger partial charge in [0.05, 0.1) is 10.9 Å². The molecule has 0 N–H and O–H groups in total. The second-order valence-corrected chi connectivity index (χ2v) is 6.48. The molecule has 1 aromatic heterocycles. The van der Waals surface area contributed by atoms with E-state index in [0.29, 0.717) is 16.3 Å². The molecular weight excluding hydrogens is 399 g/mol. The van der Waals surface area contributed by atoms with Gasteiger partial charge in [-0.1, -0.05) is 11.6 Å². The Labute approximate surface area is 168 Å². The third-order valence-corrected chi connectivity index (χ3v) is 4.30. The lowest BCUT2D eigenvalue weighted by Crippen LogP contribution is -2.09. The van der Waals surface area contributed by atoms with Crippen LogP contribution in [-0.2, 0) is 0 Å². The Kier molecular flexibility index (Phi) is 5.01. The van der Waals surface area contributed by atoms with Crippen LogP contribution in [0.2, 0.25) is 5.02 Å². The molecule has 0 fully saturated rings. The van der Waals surface area contributed by atoms with E-state index in [2.05, 4.69) is 0 Å². The van der Waals surface area contributed by atoms with Crippen LogP contribution in [0.3, 0.4) is 0 Å². The van der Waals surface area contributed by atoms with E-state index in [1.807, 2.05) is 0 Å². The Balaban J connectivity index is 1.58. The van der Waals surface area contributed by atoms with E-state index in [4.69, 9.17) is 25.5 Å². The zero-order valence-electron chi connectivity index (χ0n) is 14.7. The van der Waals surface area contributed by atoms with Crippen LogP contribution in [0.5, 0.6) is 17.2 Å². The van der Waals surface area contributed by atoms with E-state index in [9.17, 15) is 14.0 Å². The number of halogens is 2. The van der Waals surface area contributed by atoms with Crippen molar-refractivity contribution < 1.29 is 23.1 Å². The Morgan fingerprint density at radius 3 is 2.34 bits per heavy atom. The summed E-state index contributed by atoms with van der Waals surface area (Å²) in [5.74, 6) is -0.516. The summed E-state index contributed by atoms with van der Waals surface area (Å²) in [7, 11) is 0. The largest absolute Gasteiger partial charge is 0.460 e. The molecule has 5 nitrogen and oxygen atoms in total. The fourth-order valence-corrected chi connectivity index (χ4v) is 2.73. The maximum absolute atomic E-state index is 13.0. The predicted octanol–water partition coefficient (Wildman–Crippen LogP) is 5.60. The molecule has 0 amide bonds. The summed E-state index contributed by atoms with van der Waals surface area (Å²) in [6.45, 7) is 0. The molecule has 0 saturated carbocycles. The normalized spacial score (nSPS) is 10.7. The molecule has 0 radical (unpaired) electrons. The van der Waals surface area contributed by atoms with Crippen LogP contribution in [0.4, 0.5) is 4.39 Å². The van der Waals surface area contributed by atoms with Crippen LogP contribution >= 0.6 is 11.6 Å². The molecule has 0 aliphatic rings. The van der Waals surface area contributed by atoms with Gasteiger partial charge in [0.2, 0.25) is 11.2 Å². The summed E-state index contributed by atoms with van der Waals surface area (Å²) in [5, 5.41) is 0.753. The molecular formula is C22H12ClFO5. The number of carbonyl (C=O) groups is 1. The van der Waals surface area contributed by atoms with Gasteiger partial charge in [-0.25, -0.2) is 9.18 Å². The van der Waals surface area contributed by atoms with Crippen molar-refractivity contribution in [1.82, 2.24) is 0 Å². The zero-order valence-corrected chi connectivity index (χ0v) is 15.5. The van der Waals surface area contributed by atoms with Gasteiger partial charge in [-0.15, -0.1) is 0 Å². The Morgan fingerprint density at radius 1 is 0.931 bits per heavy atom. The van der Waals surface area contributed by atoms with Crippen molar-refractivity contribution in [3.8, 4) is 17.2 Å². The van der Waals surface area contributed by atoms with E-state index < -0.39 is 17.2 Å². The number of benzene rings is 3. The van der Waals surface area contributed by atoms with Crippen molar-refractivity contribution in [3.05, 3.63) is 99.6 Å². The van der Waals surface area contributed by atoms with Crippen molar-refractivity contribution in [1.29, 1.82) is 0 Å². The van der Waals surface area contributed by atoms with E-state index in [-0.39, 0.29) is 22.5 Å². The SMILES string of the molecule is O=C(Oc1ccc2c(=O)c(Oc3ccc(F)cc3)coc2c1)c1ccc(Cl)cc1. The van der Waals surface area contributed by atoms with Crippen molar-refractivity contribution in [2.24, 2.45) is 0 Å². The molecule has 7 heteroatoms. The molecule has 4 aromatic rings. The number of hydrogen-bond acceptors (Lipinski definition) is 5. The number of esters is 1. The van der Waals surface area contributed by atoms with Crippen LogP contribution in [0, 0.1) is 5.82 Å². The molecule has 144 valence electrons. The first-order valence-electron chi connectivity index (χ1n) is 8.46. The average molecular weight is 411 g/mol. The Hall–Kier alpha value is -3.64. The highest BCUT2D eigenvalue weighted by molar-refractivity contribution is 6.30. The van der Waals surface area contributed by atoms with Gasteiger partial charge in [0.15, 0.2) is 0 Å². The lowest BCUT2D eigenvalue weighted by molar-refractivity contribution is 0.0735. The summed E-state index contributed by atoms with van der Waals surface area (Å²) < 4.78 is 29.2. The molecule has 0 atom stereocenters. The van der Waals surface area contributed by atoms with E-state index >= 15 is 0 Å². The van der Waals surface area contributed by atoms with Crippen LogP contribution in [0.1, 0.15) is 10.4 Å². The minimum absolute atomic E-state index is 0.0463. The first kappa shape index (κ1) is 18.7. The van der Waals surface area contributed by atoms with Crippen LogP contribution in [-0.4, -0.2) is 5.97 Å². The molecule has 0 aliphatic heterocycles. The lowest BCUT2D eigenvalue weighted by Gasteiger charge is -2.07. The first-order chi connectivity index (χ1) is 14.0. The molecule has 0 bridgehead atoms. The third-order valence-electron chi connectivity index (χ3n) is 4.05. The molecule has 0 saturated heterocycles. The molecule has 0 spiro atoms. The van der Waals surface area contributed by atoms with Gasteiger partial charge in [0.1, 0.15) is 29.2 Å². The van der Waals surface area contributed by atoms with Crippen molar-refractivity contribution >= 4 is 28.5 Å². The number of hydrogen-bond donors (Lipinski definition) is 0. The second-order valence-electron chi connectivity index (χ2n) is 6.04. The number of fused-ring (bicyclic) bond motifs is 1. The fourth-order valence-electron chi connectivity index (χ4n) is 2.61. The summed E-state index contributed by atoms with van der Waals surface area (Å²) in [5.41, 5.74) is 0.146. The highest BCUT2D eigenvalue weighted by Crippen LogP contribution is 2.24. The van der Waals surface area contributed by atoms with Gasteiger partial charge >= 0.3 is 5.97 Å². The standard InChI is InChI=1S/C22H12ClFO5/c23-14-3-1-13(2-4-14)22(26)29-17-9-10-18-19(11-17)27-12-20(21(18)25)28-16-7-5-15(24)6-8-16/h1-12H. The maximum Gasteiger partial charge on any atom is 0.343 e. The van der Waals surface area contributed by atoms with Crippen LogP contribution in [0.25, 0.3) is 11.0 Å². The minimum Gasteiger partial charge on any atom is -0.460 e. The van der Waals surface area contributed by atoms with Crippen molar-refractivity contribution in [2.45, 2.75) is 0 Å². The summed E-state index contributed by atoms with van der Waals surface area (Å²) >= 11 is 5.81. The number of ether oxygens (including phenoxy) is 2. The van der Waals surface area contributed by atoms with E-state index in [0.717, 1.165) is 6.26 Å². The number of rotatable bonds is 4. The predicted molar refractivity (Wildman–Crippen MR) is 105 cm³/mol. The minimum atomic E-state index is -0.570. The summed E-state index contributed by atoms with van der Waals surface area (Å²) in [6.07, 6.45) is 1.15. The van der Waals surface area contributed by atoms with Gasteiger partial charge < -0.3 is 13.9 Å². The highest BCUT2D eigenvalue weighted by Gasteiger charge is 2.13. The summed E-state index contributed by atoms with van der Waals surface area (Å²) in [4.78, 5) is 24.8.